The van der Waals surface area contributed by atoms with E-state index in [2.05, 4.69) is 35.0 Å². The molecule has 6 rings (SSSR count). The number of nitrogens with zero attached hydrogens (tertiary/aromatic N) is 6. The number of fused-ring (bicyclic) bond motifs is 2. The first kappa shape index (κ1) is 37.3. The molecule has 4 N–H and O–H groups in total. The number of nitrogens with two attached hydrogens (primary N) is 1. The fraction of sp³-hybridized carbons (Fsp3) is 0.133. The molecule has 0 unspecified atom stereocenters. The number of nitrogens with one attached hydrogen (secondary N) is 1. The van der Waals surface area contributed by atoms with Crippen LogP contribution in [0.2, 0.25) is 0 Å². The normalized spacial score (nSPS) is 11.2. The first-order valence-corrected chi connectivity index (χ1v) is 13.9. The van der Waals surface area contributed by atoms with Gasteiger partial charge in [0, 0.05) is 12.1 Å². The quantitative estimate of drug-likeness (QED) is 0.176. The van der Waals surface area contributed by atoms with Crippen LogP contribution in [0.4, 0.5) is 46.5 Å². The number of carbonyl (C=O) groups excluding carboxylic acids is 1. The van der Waals surface area contributed by atoms with Gasteiger partial charge in [0.1, 0.15) is 35.8 Å². The van der Waals surface area contributed by atoms with Crippen LogP contribution < -0.4 is 20.5 Å². The predicted octanol–water partition coefficient (Wildman–Crippen LogP) is 5.61. The molecule has 4 aromatic heterocycles. The van der Waals surface area contributed by atoms with Gasteiger partial charge in [-0.2, -0.15) is 10.2 Å². The zero-order valence-corrected chi connectivity index (χ0v) is 25.4. The minimum atomic E-state index is -4.91. The number of pyridine rings is 2. The van der Waals surface area contributed by atoms with Crippen LogP contribution in [0.1, 0.15) is 11.1 Å². The predicted molar refractivity (Wildman–Crippen MR) is 160 cm³/mol. The molecule has 21 heteroatoms. The second-order valence-electron chi connectivity index (χ2n) is 9.90. The van der Waals surface area contributed by atoms with Crippen molar-refractivity contribution >= 4 is 34.5 Å². The molecule has 0 aliphatic carbocycles. The van der Waals surface area contributed by atoms with E-state index >= 15 is 0 Å². The molecule has 268 valence electrons. The third-order valence-electron chi connectivity index (χ3n) is 6.06. The summed E-state index contributed by atoms with van der Waals surface area (Å²) in [5.41, 5.74) is 7.74. The fourth-order valence-electron chi connectivity index (χ4n) is 4.00. The summed E-state index contributed by atoms with van der Waals surface area (Å²) in [6.45, 7) is 0. The first-order valence-electron chi connectivity index (χ1n) is 13.9. The third kappa shape index (κ3) is 11.8. The summed E-state index contributed by atoms with van der Waals surface area (Å²) >= 11 is 0. The summed E-state index contributed by atoms with van der Waals surface area (Å²) < 4.78 is 109. The van der Waals surface area contributed by atoms with Crippen molar-refractivity contribution in [3.8, 4) is 11.5 Å². The number of anilines is 2. The van der Waals surface area contributed by atoms with E-state index in [1.807, 2.05) is 6.07 Å². The number of carboxylic acid groups (broad SMARTS) is 1. The lowest BCUT2D eigenvalue weighted by Gasteiger charge is -2.10. The largest absolute Gasteiger partial charge is 0.573 e. The van der Waals surface area contributed by atoms with Crippen molar-refractivity contribution in [2.75, 3.05) is 11.1 Å². The van der Waals surface area contributed by atoms with Gasteiger partial charge in [-0.15, -0.1) is 26.3 Å². The number of carbonyl (C=O) groups is 2. The number of aromatic nitrogens is 6. The molecule has 2 aromatic carbocycles. The van der Waals surface area contributed by atoms with Gasteiger partial charge in [-0.1, -0.05) is 12.1 Å². The summed E-state index contributed by atoms with van der Waals surface area (Å²) in [6.07, 6.45) is -4.67. The van der Waals surface area contributed by atoms with E-state index in [1.165, 1.54) is 23.4 Å². The molecule has 51 heavy (non-hydrogen) atoms. The summed E-state index contributed by atoms with van der Waals surface area (Å²) in [5, 5.41) is 18.7. The monoisotopic (exact) mass is 726 g/mol. The third-order valence-corrected chi connectivity index (χ3v) is 6.06. The Morgan fingerprint density at radius 1 is 0.725 bits per heavy atom. The molecule has 13 nitrogen and oxygen atoms in total. The Bertz CT molecular complexity index is 2140. The minimum Gasteiger partial charge on any atom is -0.481 e. The Morgan fingerprint density at radius 2 is 1.22 bits per heavy atom. The van der Waals surface area contributed by atoms with E-state index in [4.69, 9.17) is 10.8 Å². The van der Waals surface area contributed by atoms with Crippen LogP contribution in [0.25, 0.3) is 11.3 Å². The van der Waals surface area contributed by atoms with E-state index in [0.29, 0.717) is 29.2 Å². The van der Waals surface area contributed by atoms with Crippen molar-refractivity contribution in [1.82, 2.24) is 29.2 Å². The molecule has 0 saturated carbocycles. The smallest absolute Gasteiger partial charge is 0.481 e. The van der Waals surface area contributed by atoms with Crippen LogP contribution in [0, 0.1) is 11.6 Å². The Morgan fingerprint density at radius 3 is 1.71 bits per heavy atom. The number of hydrogen-bond donors (Lipinski definition) is 3. The molecule has 0 saturated heterocycles. The van der Waals surface area contributed by atoms with Crippen molar-refractivity contribution in [3.63, 3.8) is 0 Å². The number of nitrogen functional groups attached to an aromatic ring is 1. The van der Waals surface area contributed by atoms with Gasteiger partial charge in [-0.05, 0) is 47.5 Å². The average Bonchev–Trinajstić information content (AvgIpc) is 3.68. The second-order valence-corrected chi connectivity index (χ2v) is 9.90. The van der Waals surface area contributed by atoms with Crippen molar-refractivity contribution in [3.05, 3.63) is 108 Å². The number of amides is 1. The van der Waals surface area contributed by atoms with Gasteiger partial charge in [0.15, 0.2) is 11.3 Å². The highest BCUT2D eigenvalue weighted by Gasteiger charge is 2.32. The Balaban J connectivity index is 0.000000191. The van der Waals surface area contributed by atoms with Crippen LogP contribution in [0.3, 0.4) is 0 Å². The van der Waals surface area contributed by atoms with Crippen molar-refractivity contribution < 1.29 is 59.3 Å². The van der Waals surface area contributed by atoms with Crippen molar-refractivity contribution in [2.24, 2.45) is 0 Å². The zero-order valence-electron chi connectivity index (χ0n) is 25.4. The zero-order chi connectivity index (χ0) is 37.3. The fourth-order valence-corrected chi connectivity index (χ4v) is 4.00. The topological polar surface area (TPSA) is 171 Å². The highest BCUT2D eigenvalue weighted by atomic mass is 19.4. The lowest BCUT2D eigenvalue weighted by atomic mass is 10.1. The standard InChI is InChI=1S/C15H10F4N4O2.C9H6F4O3.C6H6N4/c16-12-6-11(25-15(17,18)19)3-1-9(12)5-14(24)22-10-2-4-13-20-8-21-23(13)7-10;10-7-4-6(16-9(11,12)13)2-1-5(7)3-8(14)15;7-5-1-2-6-8-4-9-10(6)3-5/h1-4,6-8H,5H2,(H,22,24);1-2,4H,3H2,(H,14,15);1-4H,7H2. The van der Waals surface area contributed by atoms with Crippen LogP contribution in [-0.4, -0.2) is 58.9 Å². The number of alkyl halides is 6. The molecule has 1 amide bonds. The lowest BCUT2D eigenvalue weighted by Crippen LogP contribution is -2.18. The highest BCUT2D eigenvalue weighted by molar-refractivity contribution is 5.92. The minimum absolute atomic E-state index is 0.0612. The lowest BCUT2D eigenvalue weighted by molar-refractivity contribution is -0.275. The van der Waals surface area contributed by atoms with Gasteiger partial charge in [0.2, 0.25) is 5.91 Å². The summed E-state index contributed by atoms with van der Waals surface area (Å²) in [6, 6.07) is 11.7. The molecule has 0 spiro atoms. The maximum Gasteiger partial charge on any atom is 0.573 e. The number of aliphatic carboxylic acids is 1. The Kier molecular flexibility index (Phi) is 11.5. The summed E-state index contributed by atoms with van der Waals surface area (Å²) in [4.78, 5) is 30.2. The van der Waals surface area contributed by atoms with Crippen LogP contribution in [-0.2, 0) is 22.4 Å². The van der Waals surface area contributed by atoms with Crippen LogP contribution in [0.15, 0.2) is 85.7 Å². The van der Waals surface area contributed by atoms with E-state index < -0.39 is 54.2 Å². The number of benzene rings is 2. The van der Waals surface area contributed by atoms with Gasteiger partial charge in [0.25, 0.3) is 0 Å². The van der Waals surface area contributed by atoms with Crippen molar-refractivity contribution in [2.45, 2.75) is 25.6 Å². The van der Waals surface area contributed by atoms with Gasteiger partial charge < -0.3 is 25.6 Å². The van der Waals surface area contributed by atoms with Gasteiger partial charge in [-0.3, -0.25) is 9.59 Å². The van der Waals surface area contributed by atoms with Gasteiger partial charge in [-0.25, -0.2) is 27.8 Å². The van der Waals surface area contributed by atoms with Gasteiger partial charge >= 0.3 is 18.7 Å². The van der Waals surface area contributed by atoms with Gasteiger partial charge in [0.05, 0.1) is 36.6 Å². The Hall–Kier alpha value is -6.54. The second kappa shape index (κ2) is 15.8. The van der Waals surface area contributed by atoms with E-state index in [-0.39, 0.29) is 17.5 Å². The number of hydrogen-bond acceptors (Lipinski definition) is 9. The molecule has 0 aliphatic rings. The molecule has 0 fully saturated rings. The number of rotatable bonds is 7. The summed E-state index contributed by atoms with van der Waals surface area (Å²) in [5.74, 6) is -5.25. The maximum atomic E-state index is 13.8. The molecule has 4 heterocycles. The molecule has 6 aromatic rings. The average molecular weight is 727 g/mol. The molecular formula is C30H22F8N8O5. The van der Waals surface area contributed by atoms with E-state index in [1.54, 1.807) is 28.9 Å². The molecule has 0 bridgehead atoms. The summed E-state index contributed by atoms with van der Waals surface area (Å²) in [7, 11) is 0. The van der Waals surface area contributed by atoms with Crippen LogP contribution >= 0.6 is 0 Å². The Labute approximate surface area is 279 Å². The van der Waals surface area contributed by atoms with E-state index in [0.717, 1.165) is 29.9 Å². The molecular weight excluding hydrogens is 704 g/mol. The first-order chi connectivity index (χ1) is 23.9. The number of halogens is 8. The number of carboxylic acids is 1. The number of ether oxygens (including phenoxy) is 2. The molecule has 0 atom stereocenters. The van der Waals surface area contributed by atoms with Crippen molar-refractivity contribution in [1.29, 1.82) is 0 Å². The van der Waals surface area contributed by atoms with E-state index in [9.17, 15) is 44.7 Å². The van der Waals surface area contributed by atoms with Crippen LogP contribution in [0.5, 0.6) is 11.5 Å². The molecule has 0 aliphatic heterocycles. The SMILES string of the molecule is Nc1ccc2ncnn2c1.O=C(Cc1ccc(OC(F)(F)F)cc1F)Nc1ccc2ncnn2c1.O=C(O)Cc1ccc(OC(F)(F)F)cc1F. The highest BCUT2D eigenvalue weighted by Crippen LogP contribution is 2.26. The maximum absolute atomic E-state index is 13.8. The molecule has 0 radical (unpaired) electrons.